The molecular weight excluding hydrogens is 394 g/mol. The average molecular weight is 438 g/mol. The van der Waals surface area contributed by atoms with Crippen LogP contribution in [0.3, 0.4) is 0 Å². The van der Waals surface area contributed by atoms with E-state index in [4.69, 9.17) is 4.74 Å². The van der Waals surface area contributed by atoms with Gasteiger partial charge in [-0.2, -0.15) is 0 Å². The molecule has 6 heteroatoms. The molecule has 0 saturated heterocycles. The Balaban J connectivity index is 2.78. The van der Waals surface area contributed by atoms with Crippen molar-refractivity contribution in [2.75, 3.05) is 7.11 Å². The molecule has 0 aromatic carbocycles. The van der Waals surface area contributed by atoms with Gasteiger partial charge in [0.15, 0.2) is 0 Å². The second-order valence-corrected chi connectivity index (χ2v) is 9.23. The maximum atomic E-state index is 11.7. The molecule has 178 valence electrons. The van der Waals surface area contributed by atoms with Crippen LogP contribution in [0.1, 0.15) is 79.1 Å². The van der Waals surface area contributed by atoms with Crippen LogP contribution >= 0.6 is 0 Å². The number of hydrogen-bond acceptors (Lipinski definition) is 5. The fourth-order valence-electron chi connectivity index (χ4n) is 4.33. The van der Waals surface area contributed by atoms with Gasteiger partial charge in [-0.25, -0.2) is 0 Å². The predicted octanol–water partition coefficient (Wildman–Crippen LogP) is 3.91. The summed E-state index contributed by atoms with van der Waals surface area (Å²) in [6.07, 6.45) is 13.9. The van der Waals surface area contributed by atoms with Crippen LogP contribution in [0.15, 0.2) is 24.3 Å². The molecule has 1 amide bonds. The standard InChI is InChI=1S/C25H43NO5/c1-6-7-11-15-25(4,30)16-14-20-21(23(28)17-22(20)26-19(3)27)13-10-8-9-12-18(2)24(29)31-5/h8,10,14,16,18,20-23,28,30H,6-7,9,11-13,15,17H2,1-5H3,(H,26,27)/b10-8-,16-14+/t18?,20-,21-,22-,23+,25?/m1/s1. The molecule has 0 aliphatic heterocycles. The van der Waals surface area contributed by atoms with Crippen molar-refractivity contribution in [3.63, 3.8) is 0 Å². The SMILES string of the molecule is CCCCCC(C)(O)/C=C/[C@@H]1[C@@H](C/C=C\CCC(C)C(=O)OC)[C@@H](O)C[C@H]1NC(C)=O. The molecule has 2 unspecified atom stereocenters. The lowest BCUT2D eigenvalue weighted by atomic mass is 9.87. The lowest BCUT2D eigenvalue weighted by Crippen LogP contribution is -2.36. The van der Waals surface area contributed by atoms with Crippen molar-refractivity contribution in [2.24, 2.45) is 17.8 Å². The summed E-state index contributed by atoms with van der Waals surface area (Å²) in [4.78, 5) is 23.1. The molecule has 0 aromatic rings. The van der Waals surface area contributed by atoms with Gasteiger partial charge < -0.3 is 20.3 Å². The summed E-state index contributed by atoms with van der Waals surface area (Å²) in [6.45, 7) is 7.29. The van der Waals surface area contributed by atoms with Crippen LogP contribution in [-0.2, 0) is 14.3 Å². The number of amides is 1. The summed E-state index contributed by atoms with van der Waals surface area (Å²) in [5.74, 6) is -0.530. The molecule has 6 nitrogen and oxygen atoms in total. The fraction of sp³-hybridized carbons (Fsp3) is 0.760. The Hall–Kier alpha value is -1.66. The minimum atomic E-state index is -0.895. The third kappa shape index (κ3) is 10.0. The summed E-state index contributed by atoms with van der Waals surface area (Å²) in [5, 5.41) is 24.3. The van der Waals surface area contributed by atoms with E-state index in [9.17, 15) is 19.8 Å². The zero-order valence-electron chi connectivity index (χ0n) is 20.0. The van der Waals surface area contributed by atoms with E-state index in [1.54, 1.807) is 0 Å². The highest BCUT2D eigenvalue weighted by Crippen LogP contribution is 2.37. The third-order valence-electron chi connectivity index (χ3n) is 6.25. The van der Waals surface area contributed by atoms with E-state index in [1.165, 1.54) is 14.0 Å². The molecule has 1 aliphatic carbocycles. The van der Waals surface area contributed by atoms with E-state index in [2.05, 4.69) is 12.2 Å². The van der Waals surface area contributed by atoms with Gasteiger partial charge in [-0.05, 0) is 44.9 Å². The summed E-state index contributed by atoms with van der Waals surface area (Å²) in [7, 11) is 1.40. The second kappa shape index (κ2) is 13.7. The van der Waals surface area contributed by atoms with Crippen molar-refractivity contribution >= 4 is 11.9 Å². The van der Waals surface area contributed by atoms with Crippen LogP contribution in [0.2, 0.25) is 0 Å². The normalized spacial score (nSPS) is 26.8. The van der Waals surface area contributed by atoms with E-state index < -0.39 is 11.7 Å². The summed E-state index contributed by atoms with van der Waals surface area (Å²) in [5.41, 5.74) is -0.895. The molecule has 1 saturated carbocycles. The van der Waals surface area contributed by atoms with Gasteiger partial charge in [0.25, 0.3) is 0 Å². The highest BCUT2D eigenvalue weighted by atomic mass is 16.5. The van der Waals surface area contributed by atoms with Crippen molar-refractivity contribution in [2.45, 2.75) is 96.8 Å². The number of carbonyl (C=O) groups is 2. The van der Waals surface area contributed by atoms with Gasteiger partial charge in [0, 0.05) is 18.9 Å². The first kappa shape index (κ1) is 27.4. The van der Waals surface area contributed by atoms with Gasteiger partial charge in [0.1, 0.15) is 0 Å². The maximum Gasteiger partial charge on any atom is 0.308 e. The molecule has 0 bridgehead atoms. The largest absolute Gasteiger partial charge is 0.469 e. The zero-order chi connectivity index (χ0) is 23.4. The van der Waals surface area contributed by atoms with Crippen LogP contribution < -0.4 is 5.32 Å². The Kier molecular flexibility index (Phi) is 12.1. The number of methoxy groups -OCH3 is 1. The monoisotopic (exact) mass is 437 g/mol. The Morgan fingerprint density at radius 2 is 2.00 bits per heavy atom. The molecule has 0 heterocycles. The highest BCUT2D eigenvalue weighted by Gasteiger charge is 2.41. The van der Waals surface area contributed by atoms with Crippen LogP contribution in [-0.4, -0.2) is 46.9 Å². The van der Waals surface area contributed by atoms with E-state index in [0.29, 0.717) is 19.3 Å². The topological polar surface area (TPSA) is 95.9 Å². The summed E-state index contributed by atoms with van der Waals surface area (Å²) < 4.78 is 4.75. The minimum Gasteiger partial charge on any atom is -0.469 e. The van der Waals surface area contributed by atoms with Crippen molar-refractivity contribution in [1.29, 1.82) is 0 Å². The van der Waals surface area contributed by atoms with Crippen LogP contribution in [0, 0.1) is 17.8 Å². The fourth-order valence-corrected chi connectivity index (χ4v) is 4.33. The lowest BCUT2D eigenvalue weighted by molar-refractivity contribution is -0.145. The Labute approximate surface area is 188 Å². The molecule has 0 radical (unpaired) electrons. The third-order valence-corrected chi connectivity index (χ3v) is 6.25. The van der Waals surface area contributed by atoms with Crippen molar-refractivity contribution in [3.05, 3.63) is 24.3 Å². The van der Waals surface area contributed by atoms with Crippen LogP contribution in [0.5, 0.6) is 0 Å². The van der Waals surface area contributed by atoms with E-state index in [-0.39, 0.29) is 35.7 Å². The number of unbranched alkanes of at least 4 members (excludes halogenated alkanes) is 2. The van der Waals surface area contributed by atoms with Gasteiger partial charge in [0.05, 0.1) is 24.7 Å². The Morgan fingerprint density at radius 1 is 1.29 bits per heavy atom. The number of aliphatic hydroxyl groups excluding tert-OH is 1. The number of rotatable bonds is 13. The van der Waals surface area contributed by atoms with Crippen LogP contribution in [0.25, 0.3) is 0 Å². The molecule has 1 aliphatic rings. The van der Waals surface area contributed by atoms with E-state index >= 15 is 0 Å². The van der Waals surface area contributed by atoms with Crippen LogP contribution in [0.4, 0.5) is 0 Å². The molecule has 31 heavy (non-hydrogen) atoms. The average Bonchev–Trinajstić information content (AvgIpc) is 2.99. The van der Waals surface area contributed by atoms with Gasteiger partial charge >= 0.3 is 5.97 Å². The molecule has 1 fully saturated rings. The first-order chi connectivity index (χ1) is 14.6. The van der Waals surface area contributed by atoms with Gasteiger partial charge in [0.2, 0.25) is 5.91 Å². The van der Waals surface area contributed by atoms with E-state index in [0.717, 1.165) is 32.1 Å². The van der Waals surface area contributed by atoms with Gasteiger partial charge in [-0.1, -0.05) is 57.4 Å². The minimum absolute atomic E-state index is 0.0335. The number of ether oxygens (including phenoxy) is 1. The lowest BCUT2D eigenvalue weighted by Gasteiger charge is -2.25. The molecule has 6 atom stereocenters. The van der Waals surface area contributed by atoms with Gasteiger partial charge in [-0.3, -0.25) is 9.59 Å². The predicted molar refractivity (Wildman–Crippen MR) is 123 cm³/mol. The highest BCUT2D eigenvalue weighted by molar-refractivity contribution is 5.73. The van der Waals surface area contributed by atoms with Crippen molar-refractivity contribution in [1.82, 2.24) is 5.32 Å². The number of nitrogens with one attached hydrogen (secondary N) is 1. The quantitative estimate of drug-likeness (QED) is 0.231. The first-order valence-corrected chi connectivity index (χ1v) is 11.7. The first-order valence-electron chi connectivity index (χ1n) is 11.7. The number of aliphatic hydroxyl groups is 2. The summed E-state index contributed by atoms with van der Waals surface area (Å²) in [6, 6.07) is -0.145. The maximum absolute atomic E-state index is 11.7. The molecule has 0 aromatic heterocycles. The zero-order valence-corrected chi connectivity index (χ0v) is 20.0. The smallest absolute Gasteiger partial charge is 0.308 e. The number of carbonyl (C=O) groups excluding carboxylic acids is 2. The summed E-state index contributed by atoms with van der Waals surface area (Å²) >= 11 is 0. The van der Waals surface area contributed by atoms with Crippen molar-refractivity contribution in [3.8, 4) is 0 Å². The van der Waals surface area contributed by atoms with E-state index in [1.807, 2.05) is 38.2 Å². The number of hydrogen-bond donors (Lipinski definition) is 3. The van der Waals surface area contributed by atoms with Crippen molar-refractivity contribution < 1.29 is 24.5 Å². The number of esters is 1. The second-order valence-electron chi connectivity index (χ2n) is 9.23. The number of allylic oxidation sites excluding steroid dienone is 2. The molecular formula is C25H43NO5. The molecule has 1 rings (SSSR count). The molecule has 3 N–H and O–H groups in total. The Bertz CT molecular complexity index is 613. The van der Waals surface area contributed by atoms with Gasteiger partial charge in [-0.15, -0.1) is 0 Å². The Morgan fingerprint density at radius 3 is 2.61 bits per heavy atom. The molecule has 0 spiro atoms.